The molecule has 5 aromatic rings. The third-order valence-corrected chi connectivity index (χ3v) is 12.0. The molecule has 336 valence electrons. The van der Waals surface area contributed by atoms with Gasteiger partial charge in [-0.1, -0.05) is 83.9 Å². The van der Waals surface area contributed by atoms with Gasteiger partial charge in [-0.15, -0.1) is 0 Å². The summed E-state index contributed by atoms with van der Waals surface area (Å²) in [4.78, 5) is 27.1. The highest BCUT2D eigenvalue weighted by Crippen LogP contribution is 2.46. The van der Waals surface area contributed by atoms with Crippen LogP contribution in [0.3, 0.4) is 0 Å². The number of methoxy groups -OCH3 is 2. The first-order chi connectivity index (χ1) is 30.7. The maximum absolute atomic E-state index is 12.8. The predicted octanol–water partition coefficient (Wildman–Crippen LogP) is 10.8. The summed E-state index contributed by atoms with van der Waals surface area (Å²) in [6.07, 6.45) is 4.51. The highest BCUT2D eigenvalue weighted by molar-refractivity contribution is 6.35. The van der Waals surface area contributed by atoms with Gasteiger partial charge in [0.1, 0.15) is 17.3 Å². The minimum atomic E-state index is -0.466. The number of aliphatic hydroxyl groups excluding tert-OH is 1. The number of carbonyl (C=O) groups is 2. The van der Waals surface area contributed by atoms with Gasteiger partial charge in [0.05, 0.1) is 92.6 Å². The molecule has 2 unspecified atom stereocenters. The fraction of sp³-hybridized carbons (Fsp3) is 0.400. The minimum Gasteiger partial charge on any atom is -0.510 e. The molecule has 13 heteroatoms. The summed E-state index contributed by atoms with van der Waals surface area (Å²) < 4.78 is 35.7. The number of carbonyl (C=O) groups excluding carboxylic acids is 2. The molecule has 4 aromatic carbocycles. The molecule has 2 aliphatic carbocycles. The lowest BCUT2D eigenvalue weighted by Crippen LogP contribution is -2.42. The normalized spacial score (nSPS) is 15.8. The van der Waals surface area contributed by atoms with Gasteiger partial charge in [-0.25, -0.2) is 4.79 Å². The molecule has 0 amide bonds. The van der Waals surface area contributed by atoms with Crippen molar-refractivity contribution >= 4 is 51.7 Å². The van der Waals surface area contributed by atoms with E-state index < -0.39 is 12.0 Å². The highest BCUT2D eigenvalue weighted by Gasteiger charge is 2.35. The summed E-state index contributed by atoms with van der Waals surface area (Å²) in [6.45, 7) is 7.36. The smallest absolute Gasteiger partial charge is 0.337 e. The van der Waals surface area contributed by atoms with Crippen molar-refractivity contribution in [2.75, 3.05) is 52.1 Å². The van der Waals surface area contributed by atoms with Crippen molar-refractivity contribution in [3.8, 4) is 11.5 Å². The third kappa shape index (κ3) is 11.7. The Kier molecular flexibility index (Phi) is 17.6. The molecule has 1 heterocycles. The van der Waals surface area contributed by atoms with E-state index in [1.54, 1.807) is 33.3 Å². The third-order valence-electron chi connectivity index (χ3n) is 11.4. The van der Waals surface area contributed by atoms with Crippen molar-refractivity contribution in [3.05, 3.63) is 135 Å². The number of hydrogen-bond acceptors (Lipinski definition) is 10. The second-order valence-corrected chi connectivity index (χ2v) is 16.1. The number of benzene rings is 4. The quantitative estimate of drug-likeness (QED) is 0.0673. The number of anilines is 1. The maximum Gasteiger partial charge on any atom is 0.337 e. The number of rotatable bonds is 18. The maximum atomic E-state index is 12.8. The molecular formula is C50H58Cl2N2O9. The second-order valence-electron chi connectivity index (χ2n) is 15.3. The van der Waals surface area contributed by atoms with Crippen molar-refractivity contribution in [1.82, 2.24) is 4.57 Å². The molecule has 0 saturated carbocycles. The molecule has 63 heavy (non-hydrogen) atoms. The van der Waals surface area contributed by atoms with Crippen molar-refractivity contribution in [3.63, 3.8) is 0 Å². The summed E-state index contributed by atoms with van der Waals surface area (Å²) in [6, 6.07) is 28.8. The van der Waals surface area contributed by atoms with Crippen LogP contribution in [0.1, 0.15) is 74.3 Å². The van der Waals surface area contributed by atoms with Crippen LogP contribution in [0.15, 0.2) is 102 Å². The zero-order chi connectivity index (χ0) is 44.7. The topological polar surface area (TPSA) is 118 Å². The monoisotopic (exact) mass is 900 g/mol. The standard InChI is InChI=1S/C25H30ClNO5.C25H28ClNO4/c1-3-32-25(29)20-10-7-11-22(24(20)28)27(23-16-19(30-2)12-13-21(23)26)14-15-31-17-18-8-5-4-6-9-18;1-3-31-25(28)18-10-7-11-20-22(18)23-21(29-2)13-12-19(26)24(23)27(20)14-15-30-16-17-8-5-4-6-9-17/h4-6,8-9,12-13,16,22,28H,3,7,10-11,14-15,17H2,1-2H3;4-6,8-9,12-13,18H,3,7,10-11,14-16H2,1-2H3. The second kappa shape index (κ2) is 23.5. The number of esters is 2. The van der Waals surface area contributed by atoms with Crippen molar-refractivity contribution < 1.29 is 43.1 Å². The van der Waals surface area contributed by atoms with Crippen LogP contribution in [-0.2, 0) is 54.7 Å². The van der Waals surface area contributed by atoms with E-state index in [4.69, 9.17) is 51.6 Å². The van der Waals surface area contributed by atoms with E-state index in [-0.39, 0.29) is 24.3 Å². The van der Waals surface area contributed by atoms with Crippen molar-refractivity contribution in [1.29, 1.82) is 0 Å². The van der Waals surface area contributed by atoms with Gasteiger partial charge in [0.2, 0.25) is 0 Å². The van der Waals surface area contributed by atoms with E-state index in [0.29, 0.717) is 80.3 Å². The van der Waals surface area contributed by atoms with Crippen LogP contribution < -0.4 is 14.4 Å². The molecule has 7 rings (SSSR count). The number of fused-ring (bicyclic) bond motifs is 3. The van der Waals surface area contributed by atoms with Crippen LogP contribution in [0.25, 0.3) is 10.9 Å². The summed E-state index contributed by atoms with van der Waals surface area (Å²) >= 11 is 13.2. The molecule has 0 aliphatic heterocycles. The molecule has 0 radical (unpaired) electrons. The lowest BCUT2D eigenvalue weighted by Gasteiger charge is -2.36. The van der Waals surface area contributed by atoms with E-state index in [1.807, 2.05) is 78.6 Å². The molecule has 2 aliphatic rings. The van der Waals surface area contributed by atoms with Crippen LogP contribution in [0.4, 0.5) is 5.69 Å². The lowest BCUT2D eigenvalue weighted by molar-refractivity contribution is -0.145. The Balaban J connectivity index is 0.000000210. The number of aliphatic hydroxyl groups is 1. The first kappa shape index (κ1) is 47.3. The number of aromatic nitrogens is 1. The van der Waals surface area contributed by atoms with Crippen LogP contribution >= 0.6 is 23.2 Å². The van der Waals surface area contributed by atoms with E-state index >= 15 is 0 Å². The molecule has 0 fully saturated rings. The van der Waals surface area contributed by atoms with Gasteiger partial charge in [0.15, 0.2) is 0 Å². The largest absolute Gasteiger partial charge is 0.510 e. The predicted molar refractivity (Wildman–Crippen MR) is 247 cm³/mol. The molecule has 2 atom stereocenters. The first-order valence-corrected chi connectivity index (χ1v) is 22.4. The highest BCUT2D eigenvalue weighted by atomic mass is 35.5. The lowest BCUT2D eigenvalue weighted by atomic mass is 9.85. The number of halogens is 2. The summed E-state index contributed by atoms with van der Waals surface area (Å²) in [5.41, 5.74) is 6.32. The van der Waals surface area contributed by atoms with Gasteiger partial charge >= 0.3 is 11.9 Å². The zero-order valence-electron chi connectivity index (χ0n) is 36.6. The molecule has 1 aromatic heterocycles. The molecule has 11 nitrogen and oxygen atoms in total. The van der Waals surface area contributed by atoms with Gasteiger partial charge in [-0.3, -0.25) is 4.79 Å². The summed E-state index contributed by atoms with van der Waals surface area (Å²) in [5.74, 6) is 0.485. The Morgan fingerprint density at radius 1 is 0.778 bits per heavy atom. The van der Waals surface area contributed by atoms with Gasteiger partial charge in [0, 0.05) is 30.2 Å². The average Bonchev–Trinajstić information content (AvgIpc) is 3.65. The Morgan fingerprint density at radius 3 is 2.08 bits per heavy atom. The number of hydrogen-bond donors (Lipinski definition) is 1. The Morgan fingerprint density at radius 2 is 1.43 bits per heavy atom. The fourth-order valence-electron chi connectivity index (χ4n) is 8.45. The molecule has 0 saturated heterocycles. The van der Waals surface area contributed by atoms with E-state index in [9.17, 15) is 14.7 Å². The van der Waals surface area contributed by atoms with Gasteiger partial charge in [0.25, 0.3) is 0 Å². The number of ether oxygens (including phenoxy) is 6. The summed E-state index contributed by atoms with van der Waals surface area (Å²) in [5, 5.41) is 13.1. The van der Waals surface area contributed by atoms with Crippen LogP contribution in [0, 0.1) is 0 Å². The number of nitrogens with zero attached hydrogens (tertiary/aromatic N) is 2. The van der Waals surface area contributed by atoms with Crippen molar-refractivity contribution in [2.45, 2.75) is 84.1 Å². The summed E-state index contributed by atoms with van der Waals surface area (Å²) in [7, 11) is 3.24. The molecule has 0 spiro atoms. The minimum absolute atomic E-state index is 0.0386. The van der Waals surface area contributed by atoms with E-state index in [2.05, 4.69) is 16.7 Å². The SMILES string of the molecule is CCOC(=O)C1=C(O)C(N(CCOCc2ccccc2)c2cc(OC)ccc2Cl)CCC1.CCOC(=O)C1CCCc2c1c1c(OC)ccc(Cl)c1n2CCOCc1ccccc1. The van der Waals surface area contributed by atoms with Crippen molar-refractivity contribution in [2.24, 2.45) is 0 Å². The molecule has 0 bridgehead atoms. The van der Waals surface area contributed by atoms with Crippen LogP contribution in [-0.4, -0.2) is 74.8 Å². The van der Waals surface area contributed by atoms with Crippen LogP contribution in [0.5, 0.6) is 11.5 Å². The first-order valence-electron chi connectivity index (χ1n) is 21.7. The Bertz CT molecular complexity index is 2320. The van der Waals surface area contributed by atoms with Gasteiger partial charge in [-0.05, 0) is 93.3 Å². The van der Waals surface area contributed by atoms with E-state index in [1.165, 1.54) is 0 Å². The van der Waals surface area contributed by atoms with Gasteiger partial charge < -0.3 is 43.0 Å². The average molecular weight is 902 g/mol. The molecular weight excluding hydrogens is 843 g/mol. The van der Waals surface area contributed by atoms with Gasteiger partial charge in [-0.2, -0.15) is 0 Å². The fourth-order valence-corrected chi connectivity index (χ4v) is 8.94. The molecule has 1 N–H and O–H groups in total. The Labute approximate surface area is 380 Å². The van der Waals surface area contributed by atoms with Crippen LogP contribution in [0.2, 0.25) is 10.0 Å². The Hall–Kier alpha value is -5.20. The zero-order valence-corrected chi connectivity index (χ0v) is 38.1. The van der Waals surface area contributed by atoms with E-state index in [0.717, 1.165) is 70.4 Å².